The van der Waals surface area contributed by atoms with Crippen LogP contribution in [0, 0.1) is 10.1 Å². The summed E-state index contributed by atoms with van der Waals surface area (Å²) >= 11 is 9.27. The molecule has 0 aliphatic rings. The highest BCUT2D eigenvalue weighted by Gasteiger charge is 2.16. The molecule has 0 N–H and O–H groups in total. The maximum absolute atomic E-state index is 11.0. The zero-order valence-electron chi connectivity index (χ0n) is 11.0. The molecule has 0 aromatic heterocycles. The van der Waals surface area contributed by atoms with Crippen LogP contribution in [-0.4, -0.2) is 12.0 Å². The molecule has 0 saturated carbocycles. The number of nitro groups is 1. The van der Waals surface area contributed by atoms with Crippen LogP contribution in [-0.2, 0) is 5.33 Å². The number of benzene rings is 2. The minimum atomic E-state index is -0.515. The minimum absolute atomic E-state index is 0.149. The van der Waals surface area contributed by atoms with Crippen molar-refractivity contribution in [3.8, 4) is 17.2 Å². The van der Waals surface area contributed by atoms with Crippen molar-refractivity contribution in [2.75, 3.05) is 7.11 Å². The molecule has 110 valence electrons. The molecule has 0 unspecified atom stereocenters. The van der Waals surface area contributed by atoms with Gasteiger partial charge in [-0.2, -0.15) is 0 Å². The van der Waals surface area contributed by atoms with Gasteiger partial charge < -0.3 is 9.47 Å². The second-order valence-electron chi connectivity index (χ2n) is 4.08. The average molecular weight is 373 g/mol. The van der Waals surface area contributed by atoms with Gasteiger partial charge in [0.25, 0.3) is 0 Å². The standard InChI is InChI=1S/C14H11BrClNO4/c1-20-14-5-3-11(7-12(14)17(18)19)21-13-4-2-10(16)6-9(13)8-15/h2-7H,8H2,1H3. The summed E-state index contributed by atoms with van der Waals surface area (Å²) in [4.78, 5) is 10.5. The van der Waals surface area contributed by atoms with E-state index in [-0.39, 0.29) is 11.4 Å². The summed E-state index contributed by atoms with van der Waals surface area (Å²) in [5.41, 5.74) is 0.699. The molecule has 0 spiro atoms. The van der Waals surface area contributed by atoms with Gasteiger partial charge in [-0.1, -0.05) is 27.5 Å². The molecule has 21 heavy (non-hydrogen) atoms. The molecule has 0 saturated heterocycles. The van der Waals surface area contributed by atoms with E-state index in [1.54, 1.807) is 24.3 Å². The molecule has 2 aromatic rings. The van der Waals surface area contributed by atoms with E-state index >= 15 is 0 Å². The smallest absolute Gasteiger partial charge is 0.314 e. The van der Waals surface area contributed by atoms with Crippen molar-refractivity contribution >= 4 is 33.2 Å². The number of nitrogens with zero attached hydrogens (tertiary/aromatic N) is 1. The molecule has 2 aromatic carbocycles. The van der Waals surface area contributed by atoms with E-state index < -0.39 is 4.92 Å². The quantitative estimate of drug-likeness (QED) is 0.423. The van der Waals surface area contributed by atoms with Gasteiger partial charge in [-0.3, -0.25) is 10.1 Å². The van der Waals surface area contributed by atoms with Crippen molar-refractivity contribution in [1.29, 1.82) is 0 Å². The van der Waals surface area contributed by atoms with Gasteiger partial charge in [-0.25, -0.2) is 0 Å². The summed E-state index contributed by atoms with van der Waals surface area (Å²) in [6.07, 6.45) is 0. The first-order valence-electron chi connectivity index (χ1n) is 5.90. The summed E-state index contributed by atoms with van der Waals surface area (Å²) in [7, 11) is 1.38. The second-order valence-corrected chi connectivity index (χ2v) is 5.08. The molecular formula is C14H11BrClNO4. The molecular weight excluding hydrogens is 362 g/mol. The summed E-state index contributed by atoms with van der Waals surface area (Å²) in [6, 6.07) is 9.61. The van der Waals surface area contributed by atoms with E-state index in [2.05, 4.69) is 15.9 Å². The van der Waals surface area contributed by atoms with E-state index in [0.29, 0.717) is 21.9 Å². The third-order valence-electron chi connectivity index (χ3n) is 2.74. The average Bonchev–Trinajstić information content (AvgIpc) is 2.48. The Morgan fingerprint density at radius 3 is 2.57 bits per heavy atom. The molecule has 0 fully saturated rings. The Labute approximate surface area is 134 Å². The van der Waals surface area contributed by atoms with E-state index in [4.69, 9.17) is 21.1 Å². The molecule has 5 nitrogen and oxygen atoms in total. The highest BCUT2D eigenvalue weighted by atomic mass is 79.9. The van der Waals surface area contributed by atoms with Crippen LogP contribution in [0.5, 0.6) is 17.2 Å². The van der Waals surface area contributed by atoms with Crippen molar-refractivity contribution in [2.45, 2.75) is 5.33 Å². The molecule has 7 heteroatoms. The van der Waals surface area contributed by atoms with Gasteiger partial charge in [0.2, 0.25) is 0 Å². The van der Waals surface area contributed by atoms with Gasteiger partial charge in [0, 0.05) is 15.9 Å². The number of hydrogen-bond donors (Lipinski definition) is 0. The Hall–Kier alpha value is -1.79. The molecule has 0 heterocycles. The van der Waals surface area contributed by atoms with E-state index in [1.807, 2.05) is 0 Å². The monoisotopic (exact) mass is 371 g/mol. The van der Waals surface area contributed by atoms with Crippen molar-refractivity contribution in [3.05, 3.63) is 57.1 Å². The molecule has 0 bridgehead atoms. The zero-order chi connectivity index (χ0) is 15.4. The first-order chi connectivity index (χ1) is 10.0. The first-order valence-corrected chi connectivity index (χ1v) is 7.39. The van der Waals surface area contributed by atoms with Gasteiger partial charge in [0.05, 0.1) is 18.1 Å². The molecule has 0 radical (unpaired) electrons. The fourth-order valence-electron chi connectivity index (χ4n) is 1.75. The van der Waals surface area contributed by atoms with Crippen LogP contribution in [0.2, 0.25) is 5.02 Å². The fourth-order valence-corrected chi connectivity index (χ4v) is 2.39. The van der Waals surface area contributed by atoms with E-state index in [9.17, 15) is 10.1 Å². The SMILES string of the molecule is COc1ccc(Oc2ccc(Cl)cc2CBr)cc1[N+](=O)[O-]. The second kappa shape index (κ2) is 6.78. The van der Waals surface area contributed by atoms with Crippen LogP contribution in [0.25, 0.3) is 0 Å². The fraction of sp³-hybridized carbons (Fsp3) is 0.143. The third kappa shape index (κ3) is 3.65. The van der Waals surface area contributed by atoms with Gasteiger partial charge in [0.1, 0.15) is 11.5 Å². The summed E-state index contributed by atoms with van der Waals surface area (Å²) < 4.78 is 10.6. The number of ether oxygens (including phenoxy) is 2. The number of methoxy groups -OCH3 is 1. The van der Waals surface area contributed by atoms with Crippen molar-refractivity contribution < 1.29 is 14.4 Å². The van der Waals surface area contributed by atoms with Crippen LogP contribution in [0.3, 0.4) is 0 Å². The lowest BCUT2D eigenvalue weighted by Gasteiger charge is -2.10. The Kier molecular flexibility index (Phi) is 5.03. The Morgan fingerprint density at radius 2 is 1.95 bits per heavy atom. The number of rotatable bonds is 5. The molecule has 0 amide bonds. The molecule has 0 aliphatic heterocycles. The summed E-state index contributed by atoms with van der Waals surface area (Å²) in [5, 5.41) is 12.1. The molecule has 0 atom stereocenters. The highest BCUT2D eigenvalue weighted by molar-refractivity contribution is 9.08. The third-order valence-corrected chi connectivity index (χ3v) is 3.58. The maximum Gasteiger partial charge on any atom is 0.314 e. The number of hydrogen-bond acceptors (Lipinski definition) is 4. The lowest BCUT2D eigenvalue weighted by molar-refractivity contribution is -0.385. The van der Waals surface area contributed by atoms with Gasteiger partial charge in [-0.15, -0.1) is 0 Å². The first kappa shape index (κ1) is 15.6. The van der Waals surface area contributed by atoms with Crippen molar-refractivity contribution in [1.82, 2.24) is 0 Å². The van der Waals surface area contributed by atoms with Gasteiger partial charge >= 0.3 is 5.69 Å². The molecule has 0 aliphatic carbocycles. The number of nitro benzene ring substituents is 1. The summed E-state index contributed by atoms with van der Waals surface area (Å²) in [5.74, 6) is 1.12. The van der Waals surface area contributed by atoms with Gasteiger partial charge in [0.15, 0.2) is 5.75 Å². The zero-order valence-corrected chi connectivity index (χ0v) is 13.3. The van der Waals surface area contributed by atoms with Gasteiger partial charge in [-0.05, 0) is 30.3 Å². The number of halogens is 2. The van der Waals surface area contributed by atoms with E-state index in [1.165, 1.54) is 19.2 Å². The number of alkyl halides is 1. The van der Waals surface area contributed by atoms with Crippen LogP contribution in [0.4, 0.5) is 5.69 Å². The maximum atomic E-state index is 11.0. The summed E-state index contributed by atoms with van der Waals surface area (Å²) in [6.45, 7) is 0. The highest BCUT2D eigenvalue weighted by Crippen LogP contribution is 2.35. The van der Waals surface area contributed by atoms with Crippen LogP contribution in [0.15, 0.2) is 36.4 Å². The Bertz CT molecular complexity index is 678. The predicted molar refractivity (Wildman–Crippen MR) is 83.8 cm³/mol. The largest absolute Gasteiger partial charge is 0.490 e. The lowest BCUT2D eigenvalue weighted by Crippen LogP contribution is -1.95. The van der Waals surface area contributed by atoms with Crippen molar-refractivity contribution in [2.24, 2.45) is 0 Å². The normalized spacial score (nSPS) is 10.2. The molecule has 2 rings (SSSR count). The Balaban J connectivity index is 2.36. The van der Waals surface area contributed by atoms with Crippen LogP contribution in [0.1, 0.15) is 5.56 Å². The van der Waals surface area contributed by atoms with Crippen LogP contribution < -0.4 is 9.47 Å². The van der Waals surface area contributed by atoms with E-state index in [0.717, 1.165) is 5.56 Å². The topological polar surface area (TPSA) is 61.6 Å². The lowest BCUT2D eigenvalue weighted by atomic mass is 10.2. The minimum Gasteiger partial charge on any atom is -0.490 e. The van der Waals surface area contributed by atoms with Crippen molar-refractivity contribution in [3.63, 3.8) is 0 Å². The Morgan fingerprint density at radius 1 is 1.24 bits per heavy atom. The predicted octanol–water partition coefficient (Wildman–Crippen LogP) is 4.94. The van der Waals surface area contributed by atoms with Crippen LogP contribution >= 0.6 is 27.5 Å².